The lowest BCUT2D eigenvalue weighted by atomic mass is 10.0. The molecule has 0 unspecified atom stereocenters. The summed E-state index contributed by atoms with van der Waals surface area (Å²) < 4.78 is 22.0. The first kappa shape index (κ1) is 30.3. The third-order valence-corrected chi connectivity index (χ3v) is 11.8. The van der Waals surface area contributed by atoms with E-state index in [9.17, 15) is 0 Å². The van der Waals surface area contributed by atoms with Crippen LogP contribution in [0.15, 0.2) is 183 Å². The molecule has 0 aliphatic carbocycles. The van der Waals surface area contributed by atoms with Gasteiger partial charge in [0.1, 0.15) is 27.8 Å². The van der Waals surface area contributed by atoms with Crippen LogP contribution in [0.5, 0.6) is 0 Å². The fourth-order valence-electron chi connectivity index (χ4n) is 8.14. The molecule has 0 amide bonds. The molecule has 5 nitrogen and oxygen atoms in total. The van der Waals surface area contributed by atoms with Crippen molar-refractivity contribution in [3.8, 4) is 22.6 Å². The zero-order chi connectivity index (χ0) is 36.0. The normalized spacial score (nSPS) is 12.0. The molecule has 4 heterocycles. The molecule has 0 N–H and O–H groups in total. The van der Waals surface area contributed by atoms with Crippen LogP contribution in [0.3, 0.4) is 0 Å². The monoisotopic (exact) mass is 724 g/mol. The van der Waals surface area contributed by atoms with E-state index in [4.69, 9.17) is 18.2 Å². The van der Waals surface area contributed by atoms with E-state index in [2.05, 4.69) is 114 Å². The Hall–Kier alpha value is -7.15. The van der Waals surface area contributed by atoms with Crippen LogP contribution in [0.1, 0.15) is 0 Å². The average Bonchev–Trinajstić information content (AvgIpc) is 4.02. The fraction of sp³-hybridized carbons (Fsp3) is 0. The Labute approximate surface area is 317 Å². The lowest BCUT2D eigenvalue weighted by molar-refractivity contribution is 0.620. The Kier molecular flexibility index (Phi) is 6.44. The van der Waals surface area contributed by atoms with Gasteiger partial charge in [-0.2, -0.15) is 0 Å². The first-order valence-electron chi connectivity index (χ1n) is 18.3. The average molecular weight is 725 g/mol. The molecule has 12 aromatic rings. The summed E-state index contributed by atoms with van der Waals surface area (Å²) >= 11 is 1.82. The maximum atomic E-state index is 6.64. The van der Waals surface area contributed by atoms with Gasteiger partial charge in [-0.05, 0) is 78.4 Å². The Balaban J connectivity index is 1.04. The molecule has 4 aromatic heterocycles. The highest BCUT2D eigenvalue weighted by Crippen LogP contribution is 2.45. The fourth-order valence-corrected chi connectivity index (χ4v) is 9.28. The Morgan fingerprint density at radius 1 is 0.418 bits per heavy atom. The van der Waals surface area contributed by atoms with Crippen molar-refractivity contribution in [2.24, 2.45) is 0 Å². The molecule has 0 fully saturated rings. The van der Waals surface area contributed by atoms with Gasteiger partial charge < -0.3 is 18.2 Å². The van der Waals surface area contributed by atoms with Gasteiger partial charge >= 0.3 is 0 Å². The van der Waals surface area contributed by atoms with Crippen molar-refractivity contribution in [2.75, 3.05) is 4.90 Å². The number of oxazole rings is 1. The maximum absolute atomic E-state index is 6.64. The van der Waals surface area contributed by atoms with Crippen molar-refractivity contribution in [3.05, 3.63) is 170 Å². The van der Waals surface area contributed by atoms with Gasteiger partial charge in [0.05, 0.1) is 5.39 Å². The highest BCUT2D eigenvalue weighted by molar-refractivity contribution is 7.25. The molecule has 12 rings (SSSR count). The van der Waals surface area contributed by atoms with E-state index in [1.54, 1.807) is 0 Å². The second-order valence-corrected chi connectivity index (χ2v) is 15.0. The van der Waals surface area contributed by atoms with Gasteiger partial charge in [-0.1, -0.05) is 91.0 Å². The van der Waals surface area contributed by atoms with Crippen LogP contribution in [0.4, 0.5) is 17.1 Å². The standard InChI is InChI=1S/C49H28N2O3S/c1-2-10-30(11-3-1)49-50-47-46-38-14-5-8-16-41(38)53-43(46)28-39(48(47)54-49)29-18-20-31(21-19-29)51(32-22-24-35-34-12-4-7-15-40(34)52-42(35)26-32)33-23-25-37-36-13-6-9-17-44(36)55-45(37)27-33/h1-28H. The van der Waals surface area contributed by atoms with Crippen LogP contribution >= 0.6 is 11.3 Å². The molecule has 0 saturated heterocycles. The molecule has 0 atom stereocenters. The number of anilines is 3. The quantitative estimate of drug-likeness (QED) is 0.177. The van der Waals surface area contributed by atoms with Crippen molar-refractivity contribution in [1.82, 2.24) is 4.98 Å². The topological polar surface area (TPSA) is 55.6 Å². The summed E-state index contributed by atoms with van der Waals surface area (Å²) in [7, 11) is 0. The highest BCUT2D eigenvalue weighted by Gasteiger charge is 2.22. The van der Waals surface area contributed by atoms with Crippen LogP contribution in [-0.4, -0.2) is 4.98 Å². The van der Waals surface area contributed by atoms with Crippen LogP contribution in [0.25, 0.3) is 97.7 Å². The van der Waals surface area contributed by atoms with Gasteiger partial charge in [-0.3, -0.25) is 0 Å². The smallest absolute Gasteiger partial charge is 0.227 e. The van der Waals surface area contributed by atoms with Gasteiger partial charge in [0, 0.05) is 70.6 Å². The Morgan fingerprint density at radius 3 is 1.87 bits per heavy atom. The lowest BCUT2D eigenvalue weighted by Crippen LogP contribution is -2.09. The summed E-state index contributed by atoms with van der Waals surface area (Å²) in [6.07, 6.45) is 0. The van der Waals surface area contributed by atoms with Gasteiger partial charge in [0.15, 0.2) is 5.58 Å². The molecule has 0 aliphatic heterocycles. The summed E-state index contributed by atoms with van der Waals surface area (Å²) in [6, 6.07) is 59.0. The molecular weight excluding hydrogens is 697 g/mol. The lowest BCUT2D eigenvalue weighted by Gasteiger charge is -2.26. The van der Waals surface area contributed by atoms with Gasteiger partial charge in [-0.25, -0.2) is 4.98 Å². The predicted octanol–water partition coefficient (Wildman–Crippen LogP) is 14.8. The van der Waals surface area contributed by atoms with E-state index in [1.165, 1.54) is 20.2 Å². The van der Waals surface area contributed by atoms with E-state index in [0.717, 1.165) is 88.7 Å². The minimum Gasteiger partial charge on any atom is -0.456 e. The zero-order valence-electron chi connectivity index (χ0n) is 29.2. The zero-order valence-corrected chi connectivity index (χ0v) is 30.0. The number of furan rings is 2. The molecular formula is C49H28N2O3S. The summed E-state index contributed by atoms with van der Waals surface area (Å²) in [6.45, 7) is 0. The maximum Gasteiger partial charge on any atom is 0.227 e. The summed E-state index contributed by atoms with van der Waals surface area (Å²) in [5.74, 6) is 0.579. The molecule has 8 aromatic carbocycles. The van der Waals surface area contributed by atoms with E-state index in [-0.39, 0.29) is 0 Å². The van der Waals surface area contributed by atoms with Crippen LogP contribution in [-0.2, 0) is 0 Å². The molecule has 55 heavy (non-hydrogen) atoms. The summed E-state index contributed by atoms with van der Waals surface area (Å²) in [4.78, 5) is 7.39. The van der Waals surface area contributed by atoms with E-state index in [1.807, 2.05) is 72.0 Å². The number of hydrogen-bond donors (Lipinski definition) is 0. The minimum atomic E-state index is 0.579. The second-order valence-electron chi connectivity index (χ2n) is 13.9. The van der Waals surface area contributed by atoms with Crippen LogP contribution < -0.4 is 4.90 Å². The number of aromatic nitrogens is 1. The number of para-hydroxylation sites is 2. The van der Waals surface area contributed by atoms with Crippen molar-refractivity contribution in [3.63, 3.8) is 0 Å². The number of hydrogen-bond acceptors (Lipinski definition) is 6. The Morgan fingerprint density at radius 2 is 1.04 bits per heavy atom. The molecule has 0 aliphatic rings. The molecule has 258 valence electrons. The van der Waals surface area contributed by atoms with Crippen molar-refractivity contribution >= 4 is 104 Å². The van der Waals surface area contributed by atoms with Gasteiger partial charge in [0.25, 0.3) is 0 Å². The van der Waals surface area contributed by atoms with Crippen molar-refractivity contribution in [1.29, 1.82) is 0 Å². The largest absolute Gasteiger partial charge is 0.456 e. The van der Waals surface area contributed by atoms with Crippen molar-refractivity contribution in [2.45, 2.75) is 0 Å². The number of nitrogens with zero attached hydrogens (tertiary/aromatic N) is 2. The predicted molar refractivity (Wildman–Crippen MR) is 227 cm³/mol. The SMILES string of the molecule is c1ccc(-c2nc3c(o2)c(-c2ccc(N(c4ccc5c(c4)oc4ccccc45)c4ccc5c(c4)sc4ccccc45)cc2)cc2oc4ccccc4c23)cc1. The number of benzene rings is 8. The molecule has 6 heteroatoms. The first-order valence-corrected chi connectivity index (χ1v) is 19.1. The van der Waals surface area contributed by atoms with E-state index >= 15 is 0 Å². The molecule has 0 spiro atoms. The van der Waals surface area contributed by atoms with Gasteiger partial charge in [-0.15, -0.1) is 11.3 Å². The summed E-state index contributed by atoms with van der Waals surface area (Å²) in [5, 5.41) is 6.73. The van der Waals surface area contributed by atoms with Gasteiger partial charge in [0.2, 0.25) is 5.89 Å². The number of thiophene rings is 1. The number of rotatable bonds is 5. The minimum absolute atomic E-state index is 0.579. The Bertz CT molecular complexity index is 3330. The summed E-state index contributed by atoms with van der Waals surface area (Å²) in [5.41, 5.74) is 10.8. The number of fused-ring (bicyclic) bond motifs is 11. The van der Waals surface area contributed by atoms with Crippen LogP contribution in [0.2, 0.25) is 0 Å². The van der Waals surface area contributed by atoms with E-state index < -0.39 is 0 Å². The molecule has 0 saturated carbocycles. The molecule has 0 radical (unpaired) electrons. The third-order valence-electron chi connectivity index (χ3n) is 10.7. The molecule has 0 bridgehead atoms. The van der Waals surface area contributed by atoms with E-state index in [0.29, 0.717) is 5.89 Å². The third kappa shape index (κ3) is 4.68. The van der Waals surface area contributed by atoms with Crippen molar-refractivity contribution < 1.29 is 13.3 Å². The van der Waals surface area contributed by atoms with Crippen LogP contribution in [0, 0.1) is 0 Å². The first-order chi connectivity index (χ1) is 27.2. The second kappa shape index (κ2) is 11.7. The highest BCUT2D eigenvalue weighted by atomic mass is 32.1.